The van der Waals surface area contributed by atoms with Gasteiger partial charge in [-0.25, -0.2) is 9.78 Å². The van der Waals surface area contributed by atoms with E-state index < -0.39 is 23.7 Å². The molecule has 1 atom stereocenters. The Bertz CT molecular complexity index is 1400. The van der Waals surface area contributed by atoms with Crippen molar-refractivity contribution in [3.8, 4) is 5.75 Å². The number of aliphatic hydroxyl groups is 1. The molecule has 0 unspecified atom stereocenters. The second-order valence-electron chi connectivity index (χ2n) is 8.04. The van der Waals surface area contributed by atoms with E-state index >= 15 is 0 Å². The van der Waals surface area contributed by atoms with E-state index in [0.29, 0.717) is 22.6 Å². The van der Waals surface area contributed by atoms with E-state index in [-0.39, 0.29) is 27.9 Å². The van der Waals surface area contributed by atoms with Crippen LogP contribution in [0.4, 0.5) is 5.13 Å². The number of halogens is 1. The molecule has 186 valence electrons. The third kappa shape index (κ3) is 4.54. The maximum atomic E-state index is 13.3. The highest BCUT2D eigenvalue weighted by Crippen LogP contribution is 2.44. The lowest BCUT2D eigenvalue weighted by Gasteiger charge is -2.23. The SMILES string of the molecule is CCOC(=O)c1sc(N2C(=O)C(=O)C(=C(O)c3ccc(OC)c(C)c3)[C@@H]2c2ccc(Br)cc2)nc1C. The van der Waals surface area contributed by atoms with Crippen molar-refractivity contribution in [2.75, 3.05) is 18.6 Å². The molecule has 0 radical (unpaired) electrons. The van der Waals surface area contributed by atoms with Crippen molar-refractivity contribution in [1.29, 1.82) is 0 Å². The molecule has 8 nitrogen and oxygen atoms in total. The summed E-state index contributed by atoms with van der Waals surface area (Å²) in [5, 5.41) is 11.5. The topological polar surface area (TPSA) is 106 Å². The van der Waals surface area contributed by atoms with Crippen LogP contribution in [0.15, 0.2) is 52.5 Å². The molecule has 1 fully saturated rings. The lowest BCUT2D eigenvalue weighted by molar-refractivity contribution is -0.132. The van der Waals surface area contributed by atoms with Crippen molar-refractivity contribution in [3.63, 3.8) is 0 Å². The minimum Gasteiger partial charge on any atom is -0.507 e. The Morgan fingerprint density at radius 1 is 1.17 bits per heavy atom. The van der Waals surface area contributed by atoms with Crippen molar-refractivity contribution < 1.29 is 29.0 Å². The first-order valence-electron chi connectivity index (χ1n) is 11.0. The van der Waals surface area contributed by atoms with Crippen LogP contribution in [0, 0.1) is 13.8 Å². The standard InChI is InChI=1S/C26H23BrN2O6S/c1-5-35-25(33)23-14(3)28-26(36-23)29-20(15-6-9-17(27)10-7-15)19(22(31)24(29)32)21(30)16-8-11-18(34-4)13(2)12-16/h6-12,20,30H,5H2,1-4H3/t20-/m0/s1. The number of aromatic nitrogens is 1. The van der Waals surface area contributed by atoms with Crippen molar-refractivity contribution >= 4 is 55.8 Å². The zero-order valence-electron chi connectivity index (χ0n) is 20.0. The molecule has 10 heteroatoms. The predicted molar refractivity (Wildman–Crippen MR) is 139 cm³/mol. The van der Waals surface area contributed by atoms with E-state index in [1.54, 1.807) is 63.4 Å². The van der Waals surface area contributed by atoms with Gasteiger partial charge in [0.1, 0.15) is 16.4 Å². The normalized spacial score (nSPS) is 16.9. The molecular formula is C26H23BrN2O6S. The Hall–Kier alpha value is -3.50. The van der Waals surface area contributed by atoms with Gasteiger partial charge < -0.3 is 14.6 Å². The number of anilines is 1. The fraction of sp³-hybridized carbons (Fsp3) is 0.231. The van der Waals surface area contributed by atoms with E-state index in [9.17, 15) is 19.5 Å². The van der Waals surface area contributed by atoms with E-state index in [2.05, 4.69) is 20.9 Å². The highest BCUT2D eigenvalue weighted by Gasteiger charge is 2.48. The number of methoxy groups -OCH3 is 1. The summed E-state index contributed by atoms with van der Waals surface area (Å²) in [4.78, 5) is 44.9. The first kappa shape index (κ1) is 25.6. The monoisotopic (exact) mass is 570 g/mol. The molecule has 2 aromatic carbocycles. The van der Waals surface area contributed by atoms with Gasteiger partial charge in [-0.05, 0) is 62.2 Å². The van der Waals surface area contributed by atoms with E-state index in [0.717, 1.165) is 21.4 Å². The molecule has 1 aliphatic heterocycles. The molecule has 4 rings (SSSR count). The predicted octanol–water partition coefficient (Wildman–Crippen LogP) is 5.33. The van der Waals surface area contributed by atoms with Gasteiger partial charge in [0.15, 0.2) is 5.13 Å². The second-order valence-corrected chi connectivity index (χ2v) is 9.93. The minimum atomic E-state index is -0.957. The molecule has 1 aromatic heterocycles. The maximum Gasteiger partial charge on any atom is 0.350 e. The molecule has 1 amide bonds. The number of rotatable bonds is 6. The summed E-state index contributed by atoms with van der Waals surface area (Å²) in [5.74, 6) is -1.93. The third-order valence-electron chi connectivity index (χ3n) is 5.75. The Kier molecular flexibility index (Phi) is 7.28. The van der Waals surface area contributed by atoms with Crippen LogP contribution in [0.5, 0.6) is 5.75 Å². The van der Waals surface area contributed by atoms with Crippen LogP contribution in [0.1, 0.15) is 45.0 Å². The van der Waals surface area contributed by atoms with Crippen LogP contribution in [0.2, 0.25) is 0 Å². The van der Waals surface area contributed by atoms with Gasteiger partial charge in [0, 0.05) is 10.0 Å². The van der Waals surface area contributed by atoms with Crippen LogP contribution in [0.25, 0.3) is 5.76 Å². The van der Waals surface area contributed by atoms with Gasteiger partial charge in [0.05, 0.1) is 31.0 Å². The summed E-state index contributed by atoms with van der Waals surface area (Å²) in [7, 11) is 1.54. The third-order valence-corrected chi connectivity index (χ3v) is 7.42. The highest BCUT2D eigenvalue weighted by atomic mass is 79.9. The zero-order chi connectivity index (χ0) is 26.1. The van der Waals surface area contributed by atoms with E-state index in [1.807, 2.05) is 6.92 Å². The van der Waals surface area contributed by atoms with Crippen molar-refractivity contribution in [1.82, 2.24) is 4.98 Å². The molecule has 0 spiro atoms. The minimum absolute atomic E-state index is 0.0718. The summed E-state index contributed by atoms with van der Waals surface area (Å²) in [6.45, 7) is 5.34. The number of carbonyl (C=O) groups excluding carboxylic acids is 3. The number of esters is 1. The quantitative estimate of drug-likeness (QED) is 0.184. The molecule has 1 aliphatic rings. The Morgan fingerprint density at radius 3 is 2.47 bits per heavy atom. The van der Waals surface area contributed by atoms with Gasteiger partial charge in [0.2, 0.25) is 0 Å². The van der Waals surface area contributed by atoms with E-state index in [1.165, 1.54) is 4.90 Å². The molecule has 2 heterocycles. The van der Waals surface area contributed by atoms with Gasteiger partial charge in [-0.1, -0.05) is 39.4 Å². The van der Waals surface area contributed by atoms with Crippen molar-refractivity contribution in [2.24, 2.45) is 0 Å². The molecular weight excluding hydrogens is 548 g/mol. The summed E-state index contributed by atoms with van der Waals surface area (Å²) in [5.41, 5.74) is 2.03. The second kappa shape index (κ2) is 10.2. The molecule has 0 saturated carbocycles. The molecule has 0 aliphatic carbocycles. The average molecular weight is 571 g/mol. The lowest BCUT2D eigenvalue weighted by atomic mass is 9.95. The molecule has 0 bridgehead atoms. The summed E-state index contributed by atoms with van der Waals surface area (Å²) >= 11 is 4.37. The lowest BCUT2D eigenvalue weighted by Crippen LogP contribution is -2.29. The fourth-order valence-corrected chi connectivity index (χ4v) is 5.29. The summed E-state index contributed by atoms with van der Waals surface area (Å²) in [6.07, 6.45) is 0. The molecule has 36 heavy (non-hydrogen) atoms. The van der Waals surface area contributed by atoms with Gasteiger partial charge in [-0.15, -0.1) is 0 Å². The number of nitrogens with zero attached hydrogens (tertiary/aromatic N) is 2. The first-order valence-corrected chi connectivity index (χ1v) is 12.6. The van der Waals surface area contributed by atoms with Crippen molar-refractivity contribution in [2.45, 2.75) is 26.8 Å². The number of aliphatic hydroxyl groups excluding tert-OH is 1. The summed E-state index contributed by atoms with van der Waals surface area (Å²) < 4.78 is 11.2. The van der Waals surface area contributed by atoms with E-state index in [4.69, 9.17) is 9.47 Å². The number of ketones is 1. The number of hydrogen-bond acceptors (Lipinski definition) is 8. The van der Waals surface area contributed by atoms with Crippen LogP contribution in [-0.2, 0) is 14.3 Å². The number of Topliss-reactive ketones (excluding diaryl/α,β-unsaturated/α-hetero) is 1. The average Bonchev–Trinajstić information content (AvgIpc) is 3.36. The Labute approximate surface area is 220 Å². The van der Waals surface area contributed by atoms with Crippen LogP contribution in [0.3, 0.4) is 0 Å². The van der Waals surface area contributed by atoms with Gasteiger partial charge >= 0.3 is 11.9 Å². The highest BCUT2D eigenvalue weighted by molar-refractivity contribution is 9.10. The number of ether oxygens (including phenoxy) is 2. The largest absolute Gasteiger partial charge is 0.507 e. The number of hydrogen-bond donors (Lipinski definition) is 1. The van der Waals surface area contributed by atoms with Crippen molar-refractivity contribution in [3.05, 3.63) is 79.8 Å². The number of carbonyl (C=O) groups is 3. The van der Waals surface area contributed by atoms with Crippen LogP contribution < -0.4 is 9.64 Å². The maximum absolute atomic E-state index is 13.3. The summed E-state index contributed by atoms with van der Waals surface area (Å²) in [6, 6.07) is 11.1. The van der Waals surface area contributed by atoms with Crippen LogP contribution >= 0.6 is 27.3 Å². The Balaban J connectivity index is 1.91. The van der Waals surface area contributed by atoms with Gasteiger partial charge in [0.25, 0.3) is 5.78 Å². The fourth-order valence-electron chi connectivity index (χ4n) is 4.04. The van der Waals surface area contributed by atoms with Gasteiger partial charge in [-0.3, -0.25) is 14.5 Å². The zero-order valence-corrected chi connectivity index (χ0v) is 22.4. The number of benzene rings is 2. The molecule has 3 aromatic rings. The Morgan fingerprint density at radius 2 is 1.86 bits per heavy atom. The molecule has 1 N–H and O–H groups in total. The molecule has 1 saturated heterocycles. The van der Waals surface area contributed by atoms with Gasteiger partial charge in [-0.2, -0.15) is 0 Å². The number of thiazole rings is 1. The smallest absolute Gasteiger partial charge is 0.350 e. The first-order chi connectivity index (χ1) is 17.2. The number of amides is 1. The van der Waals surface area contributed by atoms with Crippen LogP contribution in [-0.4, -0.2) is 41.5 Å². The number of aryl methyl sites for hydroxylation is 2.